The summed E-state index contributed by atoms with van der Waals surface area (Å²) in [6.45, 7) is 7.03. The van der Waals surface area contributed by atoms with E-state index in [4.69, 9.17) is 23.6 Å². The molecule has 0 amide bonds. The third-order valence-electron chi connectivity index (χ3n) is 12.3. The predicted octanol–water partition coefficient (Wildman–Crippen LogP) is 1.24. The number of carbonyl (C=O) groups is 4. The van der Waals surface area contributed by atoms with Crippen LogP contribution in [-0.4, -0.2) is 113 Å². The number of fused-ring (bicyclic) bond motifs is 5. The third-order valence-corrected chi connectivity index (χ3v) is 12.3. The van der Waals surface area contributed by atoms with Crippen molar-refractivity contribution in [3.8, 4) is 0 Å². The Morgan fingerprint density at radius 2 is 1.63 bits per heavy atom. The first kappa shape index (κ1) is 39.7. The molecule has 0 spiro atoms. The number of benzene rings is 2. The monoisotopic (exact) mass is 749 g/mol. The molecule has 3 aliphatic carbocycles. The summed E-state index contributed by atoms with van der Waals surface area (Å²) in [4.78, 5) is 55.6. The zero-order valence-electron chi connectivity index (χ0n) is 31.2. The van der Waals surface area contributed by atoms with Crippen LogP contribution in [0, 0.1) is 16.7 Å². The van der Waals surface area contributed by atoms with Crippen LogP contribution in [0.2, 0.25) is 0 Å². The largest absolute Gasteiger partial charge is 0.456 e. The molecular formula is C39H48BNO13. The summed E-state index contributed by atoms with van der Waals surface area (Å²) < 4.78 is 29.3. The van der Waals surface area contributed by atoms with Crippen molar-refractivity contribution in [1.82, 2.24) is 5.23 Å². The van der Waals surface area contributed by atoms with E-state index >= 15 is 0 Å². The number of rotatable bonds is 10. The van der Waals surface area contributed by atoms with Gasteiger partial charge < -0.3 is 49.3 Å². The van der Waals surface area contributed by atoms with Crippen LogP contribution in [0.3, 0.4) is 0 Å². The maximum absolute atomic E-state index is 14.9. The second-order valence-corrected chi connectivity index (χ2v) is 15.6. The smallest absolute Gasteiger partial charge is 0.361 e. The Hall–Kier alpha value is -3.96. The lowest BCUT2D eigenvalue weighted by Crippen LogP contribution is -2.81. The van der Waals surface area contributed by atoms with Crippen molar-refractivity contribution < 1.29 is 63.2 Å². The second kappa shape index (κ2) is 14.6. The first-order valence-electron chi connectivity index (χ1n) is 18.0. The Labute approximate surface area is 314 Å². The number of aliphatic hydroxyl groups excluding tert-OH is 3. The quantitative estimate of drug-likeness (QED) is 0.100. The van der Waals surface area contributed by atoms with Crippen LogP contribution < -0.4 is 5.23 Å². The molecule has 3 fully saturated rings. The molecular weight excluding hydrogens is 701 g/mol. The molecule has 0 unspecified atom stereocenters. The van der Waals surface area contributed by atoms with Crippen LogP contribution in [0.4, 0.5) is 0 Å². The first-order valence-corrected chi connectivity index (χ1v) is 18.0. The van der Waals surface area contributed by atoms with Gasteiger partial charge in [-0.25, -0.2) is 9.59 Å². The van der Waals surface area contributed by atoms with Gasteiger partial charge in [-0.05, 0) is 42.7 Å². The van der Waals surface area contributed by atoms with Crippen LogP contribution in [-0.2, 0) is 38.0 Å². The van der Waals surface area contributed by atoms with Gasteiger partial charge in [0.25, 0.3) is 0 Å². The number of ether oxygens (including phenoxy) is 4. The highest BCUT2D eigenvalue weighted by molar-refractivity contribution is 6.23. The molecule has 1 aliphatic heterocycles. The van der Waals surface area contributed by atoms with Crippen molar-refractivity contribution in [3.05, 3.63) is 82.9 Å². The molecule has 2 aromatic rings. The Bertz CT molecular complexity index is 1810. The fourth-order valence-electron chi connectivity index (χ4n) is 9.37. The molecule has 2 bridgehead atoms. The topological polar surface area (TPSA) is 207 Å². The maximum Gasteiger partial charge on any atom is 0.361 e. The van der Waals surface area contributed by atoms with Gasteiger partial charge in [-0.2, -0.15) is 0 Å². The van der Waals surface area contributed by atoms with E-state index in [1.807, 2.05) is 0 Å². The highest BCUT2D eigenvalue weighted by Crippen LogP contribution is 2.64. The molecule has 5 N–H and O–H groups in total. The van der Waals surface area contributed by atoms with Gasteiger partial charge in [0.2, 0.25) is 0 Å². The Morgan fingerprint density at radius 3 is 2.20 bits per heavy atom. The SMILES string of the molecule is COBN[C@@H](c1ccccc1)[C@@H](O)C(=O)O[C@H]1C[C@@]2(O)[C@@H](OC(=O)c3ccccc3)[C@@H]3[C@]4(OC(C)=O)CO[C@@H]4C[C@H](O)[C@@]3(C)C(=O)[C@H](O)C(=C1C)C2(C)C. The number of hydrogen-bond acceptors (Lipinski definition) is 14. The lowest BCUT2D eigenvalue weighted by molar-refractivity contribution is -0.346. The minimum atomic E-state index is -2.28. The van der Waals surface area contributed by atoms with Gasteiger partial charge in [0.05, 0.1) is 35.6 Å². The van der Waals surface area contributed by atoms with E-state index in [2.05, 4.69) is 5.23 Å². The van der Waals surface area contributed by atoms with Gasteiger partial charge in [-0.3, -0.25) is 9.59 Å². The molecule has 54 heavy (non-hydrogen) atoms. The fourth-order valence-corrected chi connectivity index (χ4v) is 9.37. The van der Waals surface area contributed by atoms with Gasteiger partial charge >= 0.3 is 25.5 Å². The van der Waals surface area contributed by atoms with Crippen LogP contribution in [0.5, 0.6) is 0 Å². The molecule has 6 rings (SSSR count). The van der Waals surface area contributed by atoms with Crippen molar-refractivity contribution >= 4 is 31.3 Å². The minimum absolute atomic E-state index is 0.00758. The molecule has 4 aliphatic rings. The van der Waals surface area contributed by atoms with Gasteiger partial charge in [-0.1, -0.05) is 62.4 Å². The average molecular weight is 750 g/mol. The molecule has 2 saturated carbocycles. The zero-order valence-corrected chi connectivity index (χ0v) is 31.2. The lowest BCUT2D eigenvalue weighted by atomic mass is 9.44. The molecule has 0 radical (unpaired) electrons. The first-order chi connectivity index (χ1) is 25.5. The number of hydrogen-bond donors (Lipinski definition) is 5. The van der Waals surface area contributed by atoms with Crippen molar-refractivity contribution in [1.29, 1.82) is 0 Å². The molecule has 2 aromatic carbocycles. The number of aliphatic hydroxyl groups is 4. The van der Waals surface area contributed by atoms with E-state index in [-0.39, 0.29) is 37.4 Å². The summed E-state index contributed by atoms with van der Waals surface area (Å²) in [6.07, 6.45) is -9.91. The Balaban J connectivity index is 1.51. The van der Waals surface area contributed by atoms with E-state index in [1.165, 1.54) is 33.1 Å². The summed E-state index contributed by atoms with van der Waals surface area (Å²) in [6, 6.07) is 15.6. The summed E-state index contributed by atoms with van der Waals surface area (Å²) in [5.74, 6) is -5.06. The molecule has 15 heteroatoms. The summed E-state index contributed by atoms with van der Waals surface area (Å²) in [5.41, 5.74) is -6.63. The number of nitrogens with one attached hydrogen (secondary N) is 1. The highest BCUT2D eigenvalue weighted by atomic mass is 16.6. The minimum Gasteiger partial charge on any atom is -0.456 e. The van der Waals surface area contributed by atoms with Crippen LogP contribution in [0.15, 0.2) is 71.8 Å². The van der Waals surface area contributed by atoms with Gasteiger partial charge in [0, 0.05) is 32.3 Å². The number of Topliss-reactive ketones (excluding diaryl/α,β-unsaturated/α-hetero) is 1. The van der Waals surface area contributed by atoms with Gasteiger partial charge in [0.15, 0.2) is 17.5 Å². The van der Waals surface area contributed by atoms with Gasteiger partial charge in [-0.15, -0.1) is 0 Å². The van der Waals surface area contributed by atoms with Crippen LogP contribution in [0.25, 0.3) is 0 Å². The van der Waals surface area contributed by atoms with E-state index < -0.39 is 101 Å². The van der Waals surface area contributed by atoms with Gasteiger partial charge in [0.1, 0.15) is 30.0 Å². The molecule has 0 aromatic heterocycles. The van der Waals surface area contributed by atoms with Crippen molar-refractivity contribution in [2.75, 3.05) is 13.7 Å². The third kappa shape index (κ3) is 6.19. The van der Waals surface area contributed by atoms with Crippen molar-refractivity contribution in [2.24, 2.45) is 16.7 Å². The van der Waals surface area contributed by atoms with Crippen LogP contribution >= 0.6 is 0 Å². The molecule has 290 valence electrons. The van der Waals surface area contributed by atoms with Crippen molar-refractivity contribution in [2.45, 2.75) is 101 Å². The molecule has 14 nitrogen and oxygen atoms in total. The van der Waals surface area contributed by atoms with E-state index in [1.54, 1.807) is 69.3 Å². The normalized spacial score (nSPS) is 35.1. The standard InChI is InChI=1S/C39H48BNO13/c1-20-24(52-35(48)30(45)28(41-40-50-6)22-13-9-7-10-14-22)18-39(49)33(53-34(47)23-15-11-8-12-16-23)31-37(5,32(46)29(44)27(20)36(39,3)4)25(43)17-26-38(31,19-51-26)54-21(2)42/h7-16,24-26,28-31,33,40-41,43-45,49H,17-19H2,1-6H3/t24-,25-,26+,28-,29+,30+,31-,33-,37+,38-,39+/m0/s1. The van der Waals surface area contributed by atoms with Crippen molar-refractivity contribution in [3.63, 3.8) is 0 Å². The fraction of sp³-hybridized carbons (Fsp3) is 0.538. The van der Waals surface area contributed by atoms with E-state index in [0.717, 1.165) is 0 Å². The molecule has 1 saturated heterocycles. The maximum atomic E-state index is 14.9. The highest BCUT2D eigenvalue weighted by Gasteiger charge is 2.78. The Morgan fingerprint density at radius 1 is 1.00 bits per heavy atom. The molecule has 1 heterocycles. The average Bonchev–Trinajstić information content (AvgIpc) is 3.13. The number of esters is 3. The molecule has 11 atom stereocenters. The second-order valence-electron chi connectivity index (χ2n) is 15.6. The summed E-state index contributed by atoms with van der Waals surface area (Å²) in [5, 5.41) is 51.7. The predicted molar refractivity (Wildman–Crippen MR) is 192 cm³/mol. The summed E-state index contributed by atoms with van der Waals surface area (Å²) >= 11 is 0. The zero-order chi connectivity index (χ0) is 39.4. The van der Waals surface area contributed by atoms with E-state index in [9.17, 15) is 39.6 Å². The van der Waals surface area contributed by atoms with E-state index in [0.29, 0.717) is 5.56 Å². The summed E-state index contributed by atoms with van der Waals surface area (Å²) in [7, 11) is 1.42. The Kier molecular flexibility index (Phi) is 10.7. The number of carbonyl (C=O) groups excluding carboxylic acids is 4. The van der Waals surface area contributed by atoms with Crippen LogP contribution in [0.1, 0.15) is 69.4 Å². The number of ketones is 1. The lowest BCUT2D eigenvalue weighted by Gasteiger charge is -2.67.